The van der Waals surface area contributed by atoms with Crippen LogP contribution in [0.3, 0.4) is 0 Å². The lowest BCUT2D eigenvalue weighted by molar-refractivity contribution is -0.131. The van der Waals surface area contributed by atoms with E-state index in [4.69, 9.17) is 0 Å². The predicted octanol–water partition coefficient (Wildman–Crippen LogP) is 4.03. The fraction of sp³-hybridized carbons (Fsp3) is 0.292. The van der Waals surface area contributed by atoms with Crippen LogP contribution in [-0.4, -0.2) is 46.8 Å². The average molecular weight is 499 g/mol. The molecular formula is C24H27BrN4O3. The molecule has 0 saturated heterocycles. The molecule has 1 heterocycles. The lowest BCUT2D eigenvalue weighted by Gasteiger charge is -2.19. The number of amides is 3. The number of likely N-dealkylation sites (N-methyl/N-ethyl adjacent to an activating group) is 1. The van der Waals surface area contributed by atoms with Gasteiger partial charge in [-0.15, -0.1) is 0 Å². The maximum absolute atomic E-state index is 12.4. The van der Waals surface area contributed by atoms with Crippen molar-refractivity contribution in [3.8, 4) is 0 Å². The number of benzene rings is 2. The Labute approximate surface area is 195 Å². The normalized spacial score (nSPS) is 10.7. The minimum absolute atomic E-state index is 0.0788. The van der Waals surface area contributed by atoms with E-state index in [1.54, 1.807) is 29.2 Å². The molecular weight excluding hydrogens is 472 g/mol. The average Bonchev–Trinajstić information content (AvgIpc) is 3.16. The van der Waals surface area contributed by atoms with Gasteiger partial charge in [0.05, 0.1) is 0 Å². The lowest BCUT2D eigenvalue weighted by atomic mass is 10.2. The minimum atomic E-state index is -0.215. The van der Waals surface area contributed by atoms with Crippen molar-refractivity contribution in [2.45, 2.75) is 26.8 Å². The van der Waals surface area contributed by atoms with Crippen LogP contribution >= 0.6 is 15.9 Å². The number of anilines is 1. The van der Waals surface area contributed by atoms with Gasteiger partial charge < -0.3 is 20.1 Å². The van der Waals surface area contributed by atoms with Crippen LogP contribution < -0.4 is 10.6 Å². The monoisotopic (exact) mass is 498 g/mol. The number of hydrogen-bond donors (Lipinski definition) is 2. The third-order valence-corrected chi connectivity index (χ3v) is 5.75. The van der Waals surface area contributed by atoms with E-state index < -0.39 is 0 Å². The van der Waals surface area contributed by atoms with E-state index in [2.05, 4.69) is 26.6 Å². The lowest BCUT2D eigenvalue weighted by Crippen LogP contribution is -2.33. The first-order chi connectivity index (χ1) is 15.4. The van der Waals surface area contributed by atoms with Crippen molar-refractivity contribution in [1.82, 2.24) is 14.8 Å². The summed E-state index contributed by atoms with van der Waals surface area (Å²) in [5.74, 6) is -0.320. The van der Waals surface area contributed by atoms with Crippen molar-refractivity contribution >= 4 is 50.2 Å². The van der Waals surface area contributed by atoms with E-state index in [1.807, 2.05) is 48.9 Å². The Balaban J connectivity index is 1.53. The molecule has 3 aromatic rings. The fourth-order valence-electron chi connectivity index (χ4n) is 3.45. The molecule has 0 radical (unpaired) electrons. The number of fused-ring (bicyclic) bond motifs is 1. The van der Waals surface area contributed by atoms with Gasteiger partial charge in [0.15, 0.2) is 0 Å². The number of carbonyl (C=O) groups excluding carboxylic acids is 3. The van der Waals surface area contributed by atoms with Crippen LogP contribution in [0.1, 0.15) is 30.6 Å². The zero-order valence-electron chi connectivity index (χ0n) is 18.2. The van der Waals surface area contributed by atoms with E-state index in [9.17, 15) is 14.4 Å². The summed E-state index contributed by atoms with van der Waals surface area (Å²) in [6, 6.07) is 14.6. The fourth-order valence-corrected chi connectivity index (χ4v) is 3.72. The molecule has 0 aliphatic carbocycles. The molecule has 0 fully saturated rings. The second-order valence-corrected chi connectivity index (χ2v) is 8.26. The van der Waals surface area contributed by atoms with Gasteiger partial charge in [-0.25, -0.2) is 0 Å². The Kier molecular flexibility index (Phi) is 8.05. The van der Waals surface area contributed by atoms with Gasteiger partial charge >= 0.3 is 0 Å². The summed E-state index contributed by atoms with van der Waals surface area (Å²) in [7, 11) is 0. The number of aromatic nitrogens is 1. The van der Waals surface area contributed by atoms with Crippen LogP contribution in [0.4, 0.5) is 5.69 Å². The van der Waals surface area contributed by atoms with Gasteiger partial charge in [-0.3, -0.25) is 14.4 Å². The molecule has 2 N–H and O–H groups in total. The molecule has 32 heavy (non-hydrogen) atoms. The summed E-state index contributed by atoms with van der Waals surface area (Å²) in [5.41, 5.74) is 2.16. The van der Waals surface area contributed by atoms with Crippen molar-refractivity contribution in [2.24, 2.45) is 0 Å². The molecule has 1 aromatic heterocycles. The molecule has 3 rings (SSSR count). The van der Waals surface area contributed by atoms with Gasteiger partial charge in [-0.05, 0) is 62.4 Å². The van der Waals surface area contributed by atoms with Gasteiger partial charge in [0.1, 0.15) is 6.54 Å². The summed E-state index contributed by atoms with van der Waals surface area (Å²) in [5, 5.41) is 6.55. The summed E-state index contributed by atoms with van der Waals surface area (Å²) in [4.78, 5) is 38.6. The molecule has 2 aromatic carbocycles. The molecule has 8 heteroatoms. The van der Waals surface area contributed by atoms with Gasteiger partial charge in [-0.2, -0.15) is 0 Å². The van der Waals surface area contributed by atoms with Crippen molar-refractivity contribution < 1.29 is 14.4 Å². The Morgan fingerprint density at radius 1 is 1.00 bits per heavy atom. The number of hydrogen-bond acceptors (Lipinski definition) is 3. The van der Waals surface area contributed by atoms with E-state index in [0.717, 1.165) is 15.4 Å². The summed E-state index contributed by atoms with van der Waals surface area (Å²) >= 11 is 3.33. The molecule has 0 spiro atoms. The van der Waals surface area contributed by atoms with E-state index in [1.165, 1.54) is 0 Å². The van der Waals surface area contributed by atoms with Gasteiger partial charge in [0.2, 0.25) is 11.8 Å². The summed E-state index contributed by atoms with van der Waals surface area (Å²) in [6.07, 6.45) is 2.05. The third kappa shape index (κ3) is 5.97. The third-order valence-electron chi connectivity index (χ3n) is 5.22. The topological polar surface area (TPSA) is 83.4 Å². The van der Waals surface area contributed by atoms with Crippen LogP contribution in [0.25, 0.3) is 10.9 Å². The molecule has 168 valence electrons. The van der Waals surface area contributed by atoms with E-state index >= 15 is 0 Å². The number of carbonyl (C=O) groups is 3. The van der Waals surface area contributed by atoms with Crippen molar-refractivity contribution in [3.05, 3.63) is 64.8 Å². The van der Waals surface area contributed by atoms with Crippen molar-refractivity contribution in [3.63, 3.8) is 0 Å². The zero-order chi connectivity index (χ0) is 23.1. The Morgan fingerprint density at radius 2 is 1.72 bits per heavy atom. The van der Waals surface area contributed by atoms with Crippen molar-refractivity contribution in [1.29, 1.82) is 0 Å². The highest BCUT2D eigenvalue weighted by Gasteiger charge is 2.12. The second-order valence-electron chi connectivity index (χ2n) is 7.34. The van der Waals surface area contributed by atoms with Crippen LogP contribution in [0.5, 0.6) is 0 Å². The molecule has 0 aliphatic heterocycles. The van der Waals surface area contributed by atoms with Crippen LogP contribution in [0.15, 0.2) is 59.2 Å². The predicted molar refractivity (Wildman–Crippen MR) is 130 cm³/mol. The molecule has 0 saturated carbocycles. The molecule has 3 amide bonds. The SMILES string of the molecule is CCN(CC)C(=O)Cn1ccc2cc(NC(=O)CCNC(=O)c3ccc(Br)cc3)ccc21. The Bertz CT molecular complexity index is 1100. The van der Waals surface area contributed by atoms with Gasteiger partial charge in [0, 0.05) is 58.9 Å². The first-order valence-corrected chi connectivity index (χ1v) is 11.4. The van der Waals surface area contributed by atoms with Crippen LogP contribution in [0, 0.1) is 0 Å². The second kappa shape index (κ2) is 10.9. The molecule has 0 unspecified atom stereocenters. The van der Waals surface area contributed by atoms with Crippen LogP contribution in [0.2, 0.25) is 0 Å². The summed E-state index contributed by atoms with van der Waals surface area (Å²) in [6.45, 7) is 5.84. The number of rotatable bonds is 9. The van der Waals surface area contributed by atoms with Crippen LogP contribution in [-0.2, 0) is 16.1 Å². The quantitative estimate of drug-likeness (QED) is 0.467. The highest BCUT2D eigenvalue weighted by Crippen LogP contribution is 2.21. The number of nitrogens with zero attached hydrogens (tertiary/aromatic N) is 2. The standard InChI is InChI=1S/C24H27BrN4O3/c1-3-28(4-2)23(31)16-29-14-12-18-15-20(9-10-21(18)29)27-22(30)11-13-26-24(32)17-5-7-19(25)8-6-17/h5-10,12,14-15H,3-4,11,13,16H2,1-2H3,(H,26,32)(H,27,30). The van der Waals surface area contributed by atoms with E-state index in [-0.39, 0.29) is 37.2 Å². The molecule has 0 bridgehead atoms. The smallest absolute Gasteiger partial charge is 0.251 e. The summed E-state index contributed by atoms with van der Waals surface area (Å²) < 4.78 is 2.82. The number of nitrogens with one attached hydrogen (secondary N) is 2. The Hall–Kier alpha value is -3.13. The number of halogens is 1. The largest absolute Gasteiger partial charge is 0.352 e. The minimum Gasteiger partial charge on any atom is -0.352 e. The van der Waals surface area contributed by atoms with E-state index in [0.29, 0.717) is 24.3 Å². The maximum Gasteiger partial charge on any atom is 0.251 e. The highest BCUT2D eigenvalue weighted by atomic mass is 79.9. The Morgan fingerprint density at radius 3 is 2.41 bits per heavy atom. The molecule has 7 nitrogen and oxygen atoms in total. The van der Waals surface area contributed by atoms with Gasteiger partial charge in [-0.1, -0.05) is 15.9 Å². The first kappa shape index (κ1) is 23.5. The maximum atomic E-state index is 12.4. The molecule has 0 atom stereocenters. The zero-order valence-corrected chi connectivity index (χ0v) is 19.8. The highest BCUT2D eigenvalue weighted by molar-refractivity contribution is 9.10. The molecule has 0 aliphatic rings. The van der Waals surface area contributed by atoms with Crippen molar-refractivity contribution in [2.75, 3.05) is 25.0 Å². The van der Waals surface area contributed by atoms with Gasteiger partial charge in [0.25, 0.3) is 5.91 Å². The first-order valence-electron chi connectivity index (χ1n) is 10.6.